The minimum atomic E-state index is 0.929. The Bertz CT molecular complexity index is 1020. The Kier molecular flexibility index (Phi) is 8.20. The van der Waals surface area contributed by atoms with Crippen LogP contribution in [0, 0.1) is 0 Å². The Morgan fingerprint density at radius 2 is 1.53 bits per heavy atom. The van der Waals surface area contributed by atoms with Crippen LogP contribution in [0.5, 0.6) is 5.75 Å². The SMILES string of the molecule is CCCCCCCCCCCCc1c2c([o+]c3ccccc13)-c1ccc(OC)cc1CC2. The molecule has 3 aromatic rings. The third kappa shape index (κ3) is 5.34. The summed E-state index contributed by atoms with van der Waals surface area (Å²) in [5, 5.41) is 1.30. The largest absolute Gasteiger partial charge is 0.497 e. The van der Waals surface area contributed by atoms with E-state index in [1.807, 2.05) is 0 Å². The van der Waals surface area contributed by atoms with Gasteiger partial charge in [0.2, 0.25) is 0 Å². The van der Waals surface area contributed by atoms with Crippen molar-refractivity contribution in [2.24, 2.45) is 0 Å². The second-order valence-electron chi connectivity index (χ2n) is 9.34. The molecule has 170 valence electrons. The molecule has 1 aromatic heterocycles. The fraction of sp³-hybridized carbons (Fsp3) is 0.500. The number of benzene rings is 2. The zero-order chi connectivity index (χ0) is 22.2. The summed E-state index contributed by atoms with van der Waals surface area (Å²) in [5.74, 6) is 2.01. The molecule has 1 aliphatic rings. The summed E-state index contributed by atoms with van der Waals surface area (Å²) in [4.78, 5) is 0. The molecule has 1 aliphatic carbocycles. The highest BCUT2D eigenvalue weighted by Crippen LogP contribution is 2.40. The van der Waals surface area contributed by atoms with Gasteiger partial charge in [0, 0.05) is 6.07 Å². The second-order valence-corrected chi connectivity index (χ2v) is 9.34. The Balaban J connectivity index is 1.44. The smallest absolute Gasteiger partial charge is 0.364 e. The van der Waals surface area contributed by atoms with Gasteiger partial charge in [0.15, 0.2) is 0 Å². The number of rotatable bonds is 12. The summed E-state index contributed by atoms with van der Waals surface area (Å²) in [5.41, 5.74) is 6.53. The highest BCUT2D eigenvalue weighted by atomic mass is 16.5. The molecule has 0 spiro atoms. The molecular weight excluding hydrogens is 392 g/mol. The van der Waals surface area contributed by atoms with Crippen LogP contribution < -0.4 is 4.74 Å². The molecule has 0 unspecified atom stereocenters. The molecular formula is C30H39O2+. The molecule has 2 heteroatoms. The fourth-order valence-electron chi connectivity index (χ4n) is 5.22. The molecule has 0 N–H and O–H groups in total. The van der Waals surface area contributed by atoms with Gasteiger partial charge in [-0.05, 0) is 61.1 Å². The van der Waals surface area contributed by atoms with Gasteiger partial charge in [-0.1, -0.05) is 76.8 Å². The number of methoxy groups -OCH3 is 1. The lowest BCUT2D eigenvalue weighted by molar-refractivity contribution is 0.414. The lowest BCUT2D eigenvalue weighted by Gasteiger charge is -2.17. The summed E-state index contributed by atoms with van der Waals surface area (Å²) in [7, 11) is 1.74. The van der Waals surface area contributed by atoms with E-state index in [0.29, 0.717) is 0 Å². The normalized spacial score (nSPS) is 12.6. The van der Waals surface area contributed by atoms with Crippen molar-refractivity contribution in [1.82, 2.24) is 0 Å². The van der Waals surface area contributed by atoms with Crippen LogP contribution in [-0.2, 0) is 19.3 Å². The first-order valence-electron chi connectivity index (χ1n) is 12.9. The highest BCUT2D eigenvalue weighted by Gasteiger charge is 2.31. The number of fused-ring (bicyclic) bond motifs is 4. The summed E-state index contributed by atoms with van der Waals surface area (Å²) >= 11 is 0. The Morgan fingerprint density at radius 3 is 2.28 bits per heavy atom. The first-order chi connectivity index (χ1) is 15.8. The molecule has 0 amide bonds. The molecule has 0 atom stereocenters. The van der Waals surface area contributed by atoms with Crippen molar-refractivity contribution >= 4 is 11.0 Å². The molecule has 0 bridgehead atoms. The van der Waals surface area contributed by atoms with Crippen molar-refractivity contribution in [1.29, 1.82) is 0 Å². The van der Waals surface area contributed by atoms with Gasteiger partial charge in [-0.25, -0.2) is 4.42 Å². The second kappa shape index (κ2) is 11.5. The van der Waals surface area contributed by atoms with Gasteiger partial charge in [0.05, 0.1) is 23.6 Å². The van der Waals surface area contributed by atoms with Crippen LogP contribution in [0.3, 0.4) is 0 Å². The van der Waals surface area contributed by atoms with E-state index in [1.54, 1.807) is 7.11 Å². The summed E-state index contributed by atoms with van der Waals surface area (Å²) in [6.45, 7) is 2.29. The summed E-state index contributed by atoms with van der Waals surface area (Å²) in [6, 6.07) is 15.0. The standard InChI is InChI=1S/C30H39O2/c1-3-4-5-6-7-8-9-10-11-12-15-26-27-16-13-14-17-29(27)32-30-25-21-19-24(31-2)22-23(25)18-20-28(26)30/h13-14,16-17,19,21-22H,3-12,15,18,20H2,1-2H3/q+1. The number of unbranched alkanes of at least 4 members (excludes halogenated alkanes) is 9. The van der Waals surface area contributed by atoms with E-state index in [0.717, 1.165) is 36.4 Å². The molecule has 1 heterocycles. The topological polar surface area (TPSA) is 20.5 Å². The van der Waals surface area contributed by atoms with Gasteiger partial charge in [0.1, 0.15) is 5.75 Å². The van der Waals surface area contributed by atoms with Gasteiger partial charge in [-0.15, -0.1) is 0 Å². The van der Waals surface area contributed by atoms with Crippen LogP contribution >= 0.6 is 0 Å². The van der Waals surface area contributed by atoms with Gasteiger partial charge < -0.3 is 4.74 Å². The van der Waals surface area contributed by atoms with Gasteiger partial charge in [-0.2, -0.15) is 0 Å². The summed E-state index contributed by atoms with van der Waals surface area (Å²) in [6.07, 6.45) is 17.0. The van der Waals surface area contributed by atoms with Crippen LogP contribution in [0.1, 0.15) is 87.8 Å². The molecule has 0 saturated heterocycles. The van der Waals surface area contributed by atoms with Gasteiger partial charge >= 0.3 is 11.3 Å². The number of para-hydroxylation sites is 1. The van der Waals surface area contributed by atoms with E-state index in [4.69, 9.17) is 9.15 Å². The average molecular weight is 432 g/mol. The van der Waals surface area contributed by atoms with E-state index in [9.17, 15) is 0 Å². The van der Waals surface area contributed by atoms with Crippen molar-refractivity contribution < 1.29 is 9.15 Å². The lowest BCUT2D eigenvalue weighted by atomic mass is 9.85. The molecule has 0 fully saturated rings. The van der Waals surface area contributed by atoms with Crippen LogP contribution in [-0.4, -0.2) is 7.11 Å². The predicted molar refractivity (Wildman–Crippen MR) is 136 cm³/mol. The fourth-order valence-corrected chi connectivity index (χ4v) is 5.22. The summed E-state index contributed by atoms with van der Waals surface area (Å²) < 4.78 is 11.9. The lowest BCUT2D eigenvalue weighted by Crippen LogP contribution is -2.08. The van der Waals surface area contributed by atoms with Crippen molar-refractivity contribution in [3.63, 3.8) is 0 Å². The van der Waals surface area contributed by atoms with Crippen LogP contribution in [0.25, 0.3) is 22.3 Å². The molecule has 0 aliphatic heterocycles. The van der Waals surface area contributed by atoms with Crippen molar-refractivity contribution in [3.05, 3.63) is 59.2 Å². The number of hydrogen-bond donors (Lipinski definition) is 0. The molecule has 32 heavy (non-hydrogen) atoms. The number of aryl methyl sites for hydroxylation is 2. The Hall–Kier alpha value is -2.35. The van der Waals surface area contributed by atoms with E-state index in [-0.39, 0.29) is 0 Å². The predicted octanol–water partition coefficient (Wildman–Crippen LogP) is 8.95. The first-order valence-corrected chi connectivity index (χ1v) is 12.9. The van der Waals surface area contributed by atoms with Crippen LogP contribution in [0.4, 0.5) is 0 Å². The minimum absolute atomic E-state index is 0.929. The van der Waals surface area contributed by atoms with Crippen LogP contribution in [0.2, 0.25) is 0 Å². The maximum Gasteiger partial charge on any atom is 0.364 e. The molecule has 0 saturated carbocycles. The third-order valence-electron chi connectivity index (χ3n) is 7.04. The Labute approximate surface area is 194 Å². The van der Waals surface area contributed by atoms with E-state index >= 15 is 0 Å². The van der Waals surface area contributed by atoms with E-state index < -0.39 is 0 Å². The number of ether oxygens (including phenoxy) is 1. The zero-order valence-corrected chi connectivity index (χ0v) is 20.1. The van der Waals surface area contributed by atoms with E-state index in [1.165, 1.54) is 91.8 Å². The number of hydrogen-bond acceptors (Lipinski definition) is 1. The van der Waals surface area contributed by atoms with Crippen molar-refractivity contribution in [2.45, 2.75) is 90.4 Å². The van der Waals surface area contributed by atoms with Crippen molar-refractivity contribution in [3.8, 4) is 17.1 Å². The average Bonchev–Trinajstić information content (AvgIpc) is 2.84. The quantitative estimate of drug-likeness (QED) is 0.211. The van der Waals surface area contributed by atoms with Crippen molar-refractivity contribution in [2.75, 3.05) is 7.11 Å². The molecule has 2 aromatic carbocycles. The first kappa shape index (κ1) is 22.8. The van der Waals surface area contributed by atoms with Gasteiger partial charge in [-0.3, -0.25) is 0 Å². The highest BCUT2D eigenvalue weighted by molar-refractivity contribution is 5.86. The maximum atomic E-state index is 6.48. The molecule has 2 nitrogen and oxygen atoms in total. The third-order valence-corrected chi connectivity index (χ3v) is 7.04. The van der Waals surface area contributed by atoms with E-state index in [2.05, 4.69) is 49.4 Å². The minimum Gasteiger partial charge on any atom is -0.497 e. The van der Waals surface area contributed by atoms with Crippen LogP contribution in [0.15, 0.2) is 46.9 Å². The molecule has 4 rings (SSSR count). The molecule has 0 radical (unpaired) electrons. The zero-order valence-electron chi connectivity index (χ0n) is 20.1. The maximum absolute atomic E-state index is 6.48. The Morgan fingerprint density at radius 1 is 0.812 bits per heavy atom. The van der Waals surface area contributed by atoms with Gasteiger partial charge in [0.25, 0.3) is 0 Å². The monoisotopic (exact) mass is 431 g/mol.